The Hall–Kier alpha value is -3.12. The Morgan fingerprint density at radius 3 is 2.36 bits per heavy atom. The second kappa shape index (κ2) is 8.27. The lowest BCUT2D eigenvalue weighted by Crippen LogP contribution is -3.06. The number of Topliss-reactive ketones (excluding diaryl/α,β-unsaturated/α-hetero) is 1. The van der Waals surface area contributed by atoms with E-state index in [-0.39, 0.29) is 5.57 Å². The van der Waals surface area contributed by atoms with E-state index in [0.717, 1.165) is 4.90 Å². The summed E-state index contributed by atoms with van der Waals surface area (Å²) in [6, 6.07) is 15.0. The fourth-order valence-electron chi connectivity index (χ4n) is 3.41. The van der Waals surface area contributed by atoms with Gasteiger partial charge in [0, 0.05) is 11.1 Å². The van der Waals surface area contributed by atoms with Crippen molar-refractivity contribution < 1.29 is 24.3 Å². The molecule has 28 heavy (non-hydrogen) atoms. The van der Waals surface area contributed by atoms with Crippen molar-refractivity contribution in [2.24, 2.45) is 0 Å². The number of hydrogen-bond donors (Lipinski definition) is 1. The molecule has 1 saturated heterocycles. The number of ether oxygens (including phenoxy) is 1. The van der Waals surface area contributed by atoms with Crippen LogP contribution in [0.4, 0.5) is 0 Å². The molecule has 0 radical (unpaired) electrons. The Kier molecular flexibility index (Phi) is 5.80. The van der Waals surface area contributed by atoms with Crippen molar-refractivity contribution in [3.05, 3.63) is 71.3 Å². The summed E-state index contributed by atoms with van der Waals surface area (Å²) in [5.74, 6) is -1.26. The number of carbonyl (C=O) groups is 2. The van der Waals surface area contributed by atoms with Gasteiger partial charge >= 0.3 is 0 Å². The number of nitrogens with one attached hydrogen (secondary N) is 1. The average molecular weight is 380 g/mol. The zero-order valence-electron chi connectivity index (χ0n) is 16.3. The summed E-state index contributed by atoms with van der Waals surface area (Å²) < 4.78 is 5.46. The second-order valence-corrected chi connectivity index (χ2v) is 7.04. The second-order valence-electron chi connectivity index (χ2n) is 7.04. The molecule has 1 unspecified atom stereocenters. The number of quaternary nitrogens is 1. The molecule has 6 heteroatoms. The molecule has 1 aliphatic heterocycles. The number of rotatable bonds is 6. The average Bonchev–Trinajstić information content (AvgIpc) is 2.96. The molecule has 2 aromatic carbocycles. The molecule has 1 N–H and O–H groups in total. The third kappa shape index (κ3) is 3.64. The highest BCUT2D eigenvalue weighted by Crippen LogP contribution is 2.41. The van der Waals surface area contributed by atoms with Crippen molar-refractivity contribution in [2.45, 2.75) is 6.04 Å². The maximum Gasteiger partial charge on any atom is 0.295 e. The number of carbonyl (C=O) groups excluding carboxylic acids is 2. The lowest BCUT2D eigenvalue weighted by molar-refractivity contribution is -0.857. The Labute approximate surface area is 164 Å². The van der Waals surface area contributed by atoms with Crippen molar-refractivity contribution in [2.75, 3.05) is 34.3 Å². The number of likely N-dealkylation sites (N-methyl/N-ethyl adjacent to an activating group) is 1. The van der Waals surface area contributed by atoms with Crippen LogP contribution in [-0.4, -0.2) is 50.9 Å². The molecule has 0 saturated carbocycles. The summed E-state index contributed by atoms with van der Waals surface area (Å²) in [7, 11) is 5.48. The SMILES string of the molecule is COc1ccccc1C1C(=C([O-])c2ccccc2)C(=O)C(=O)N1CC[NH+](C)C. The highest BCUT2D eigenvalue weighted by atomic mass is 16.5. The molecule has 1 aliphatic rings. The van der Waals surface area contributed by atoms with Crippen molar-refractivity contribution in [3.63, 3.8) is 0 Å². The number of nitrogens with zero attached hydrogens (tertiary/aromatic N) is 1. The molecule has 146 valence electrons. The molecule has 0 bridgehead atoms. The summed E-state index contributed by atoms with van der Waals surface area (Å²) in [5.41, 5.74) is 1.00. The fourth-order valence-corrected chi connectivity index (χ4v) is 3.41. The normalized spacial score (nSPS) is 18.7. The zero-order valence-corrected chi connectivity index (χ0v) is 16.3. The molecule has 1 atom stereocenters. The van der Waals surface area contributed by atoms with Gasteiger partial charge in [0.05, 0.1) is 40.3 Å². The Bertz CT molecular complexity index is 906. The van der Waals surface area contributed by atoms with E-state index in [2.05, 4.69) is 0 Å². The first-order valence-electron chi connectivity index (χ1n) is 9.19. The topological polar surface area (TPSA) is 74.1 Å². The molecule has 2 aromatic rings. The molecule has 1 amide bonds. The summed E-state index contributed by atoms with van der Waals surface area (Å²) in [4.78, 5) is 28.3. The first-order chi connectivity index (χ1) is 13.5. The number of ketones is 1. The van der Waals surface area contributed by atoms with Gasteiger partial charge in [0.25, 0.3) is 5.91 Å². The lowest BCUT2D eigenvalue weighted by atomic mass is 9.94. The Morgan fingerprint density at radius 1 is 1.07 bits per heavy atom. The molecule has 0 aliphatic carbocycles. The molecule has 6 nitrogen and oxygen atoms in total. The minimum absolute atomic E-state index is 0.0190. The van der Waals surface area contributed by atoms with Gasteiger partial charge in [0.2, 0.25) is 5.78 Å². The predicted molar refractivity (Wildman–Crippen MR) is 103 cm³/mol. The molecule has 1 fully saturated rings. The van der Waals surface area contributed by atoms with Crippen LogP contribution in [0.25, 0.3) is 5.76 Å². The van der Waals surface area contributed by atoms with Crippen molar-refractivity contribution in [1.82, 2.24) is 4.90 Å². The summed E-state index contributed by atoms with van der Waals surface area (Å²) >= 11 is 0. The van der Waals surface area contributed by atoms with E-state index >= 15 is 0 Å². The lowest BCUT2D eigenvalue weighted by Gasteiger charge is -2.28. The van der Waals surface area contributed by atoms with Crippen LogP contribution in [0.1, 0.15) is 17.2 Å². The Morgan fingerprint density at radius 2 is 1.71 bits per heavy atom. The van der Waals surface area contributed by atoms with E-state index < -0.39 is 23.5 Å². The highest BCUT2D eigenvalue weighted by molar-refractivity contribution is 6.46. The van der Waals surface area contributed by atoms with E-state index in [1.165, 1.54) is 12.0 Å². The number of hydrogen-bond acceptors (Lipinski definition) is 4. The predicted octanol–water partition coefficient (Wildman–Crippen LogP) is 0.0637. The maximum absolute atomic E-state index is 13.2. The van der Waals surface area contributed by atoms with Gasteiger partial charge in [-0.15, -0.1) is 0 Å². The van der Waals surface area contributed by atoms with Crippen LogP contribution in [0, 0.1) is 0 Å². The van der Waals surface area contributed by atoms with Crippen LogP contribution >= 0.6 is 0 Å². The van der Waals surface area contributed by atoms with Crippen LogP contribution in [0.3, 0.4) is 0 Å². The monoisotopic (exact) mass is 380 g/mol. The summed E-state index contributed by atoms with van der Waals surface area (Å²) in [5, 5.41) is 13.2. The van der Waals surface area contributed by atoms with Crippen molar-refractivity contribution in [3.8, 4) is 5.75 Å². The zero-order chi connectivity index (χ0) is 20.3. The summed E-state index contributed by atoms with van der Waals surface area (Å²) in [6.45, 7) is 1.01. The van der Waals surface area contributed by atoms with Gasteiger partial charge in [0.15, 0.2) is 0 Å². The van der Waals surface area contributed by atoms with E-state index in [1.54, 1.807) is 42.5 Å². The van der Waals surface area contributed by atoms with Gasteiger partial charge in [-0.3, -0.25) is 9.59 Å². The number of likely N-dealkylation sites (tertiary alicyclic amines) is 1. The van der Waals surface area contributed by atoms with Gasteiger partial charge in [-0.1, -0.05) is 54.3 Å². The minimum atomic E-state index is -0.761. The standard InChI is InChI=1S/C22H24N2O4/c1-23(2)13-14-24-19(16-11-7-8-12-17(16)28-3)18(21(26)22(24)27)20(25)15-9-5-4-6-10-15/h4-12,19,25H,13-14H2,1-3H3. The van der Waals surface area contributed by atoms with Gasteiger partial charge in [-0.2, -0.15) is 0 Å². The fraction of sp³-hybridized carbons (Fsp3) is 0.273. The number of para-hydroxylation sites is 1. The van der Waals surface area contributed by atoms with E-state index in [1.807, 2.05) is 26.2 Å². The van der Waals surface area contributed by atoms with Gasteiger partial charge < -0.3 is 19.6 Å². The molecule has 1 heterocycles. The molecular weight excluding hydrogens is 356 g/mol. The van der Waals surface area contributed by atoms with Gasteiger partial charge in [-0.25, -0.2) is 0 Å². The van der Waals surface area contributed by atoms with Gasteiger partial charge in [0.1, 0.15) is 5.75 Å². The summed E-state index contributed by atoms with van der Waals surface area (Å²) in [6.07, 6.45) is 0. The molecule has 0 aromatic heterocycles. The van der Waals surface area contributed by atoms with E-state index in [9.17, 15) is 14.7 Å². The van der Waals surface area contributed by atoms with Crippen LogP contribution in [0.5, 0.6) is 5.75 Å². The van der Waals surface area contributed by atoms with E-state index in [4.69, 9.17) is 4.74 Å². The van der Waals surface area contributed by atoms with Crippen LogP contribution in [0.15, 0.2) is 60.2 Å². The largest absolute Gasteiger partial charge is 0.872 e. The third-order valence-electron chi connectivity index (χ3n) is 4.85. The smallest absolute Gasteiger partial charge is 0.295 e. The van der Waals surface area contributed by atoms with Crippen LogP contribution in [-0.2, 0) is 9.59 Å². The highest BCUT2D eigenvalue weighted by Gasteiger charge is 2.45. The van der Waals surface area contributed by atoms with Crippen LogP contribution < -0.4 is 14.7 Å². The van der Waals surface area contributed by atoms with Crippen LogP contribution in [0.2, 0.25) is 0 Å². The quantitative estimate of drug-likeness (QED) is 0.437. The van der Waals surface area contributed by atoms with Crippen molar-refractivity contribution >= 4 is 17.4 Å². The number of methoxy groups -OCH3 is 1. The maximum atomic E-state index is 13.2. The number of benzene rings is 2. The minimum Gasteiger partial charge on any atom is -0.872 e. The van der Waals surface area contributed by atoms with Gasteiger partial charge in [-0.05, 0) is 11.6 Å². The molecular formula is C22H24N2O4. The first-order valence-corrected chi connectivity index (χ1v) is 9.19. The Balaban J connectivity index is 2.18. The first kappa shape index (κ1) is 19.6. The van der Waals surface area contributed by atoms with E-state index in [0.29, 0.717) is 30.0 Å². The third-order valence-corrected chi connectivity index (χ3v) is 4.85. The molecule has 0 spiro atoms. The molecule has 3 rings (SSSR count). The van der Waals surface area contributed by atoms with Crippen molar-refractivity contribution in [1.29, 1.82) is 0 Å². The number of amides is 1.